The third-order valence-corrected chi connectivity index (χ3v) is 18.9. The molecule has 4 N–H and O–H groups in total. The summed E-state index contributed by atoms with van der Waals surface area (Å²) in [6.45, 7) is 0. The molecule has 0 amide bonds. The summed E-state index contributed by atoms with van der Waals surface area (Å²) in [7, 11) is 0. The van der Waals surface area contributed by atoms with E-state index in [2.05, 4.69) is 372 Å². The first-order valence-electron chi connectivity index (χ1n) is 33.8. The Bertz CT molecular complexity index is 5700. The number of nitrogens with zero attached hydrogens (tertiary/aromatic N) is 4. The molecule has 0 saturated carbocycles. The highest BCUT2D eigenvalue weighted by Gasteiger charge is 2.25. The van der Waals surface area contributed by atoms with Crippen LogP contribution in [-0.2, 0) is 0 Å². The molecule has 16 bridgehead atoms. The maximum absolute atomic E-state index is 5.84. The monoisotopic (exact) mass is 1280 g/mol. The molecule has 8 aromatic carbocycles. The lowest BCUT2D eigenvalue weighted by Crippen LogP contribution is -1.90. The van der Waals surface area contributed by atoms with Gasteiger partial charge in [0.15, 0.2) is 0 Å². The van der Waals surface area contributed by atoms with Crippen LogP contribution >= 0.6 is 0 Å². The maximum Gasteiger partial charge on any atom is 0.0809 e. The van der Waals surface area contributed by atoms with Gasteiger partial charge in [-0.25, -0.2) is 19.9 Å². The predicted molar refractivity (Wildman–Crippen MR) is 417 cm³/mol. The zero-order valence-corrected chi connectivity index (χ0v) is 54.3. The van der Waals surface area contributed by atoms with Crippen molar-refractivity contribution in [3.05, 3.63) is 361 Å². The SMILES string of the molecule is C1=Cc2nc1c(-c1ccccc1)c1ccc([nH]1)c(-c1ccccc1)c1nc(c(-c3ccccc3)c3ccc([nH]3)c2-c2ccccc2)C(/C=C/C=C/C2=Cc3nc2c(-c2ccccc2)c2ccc([nH]2)c(-c2ccccc2)c2nc(c(-c4ccccc4)c4ccc([nH]4)c3-c3ccccc3)C=C2)=C1. The van der Waals surface area contributed by atoms with E-state index >= 15 is 0 Å². The Morgan fingerprint density at radius 1 is 0.190 bits per heavy atom. The van der Waals surface area contributed by atoms with Crippen molar-refractivity contribution in [3.63, 3.8) is 0 Å². The second kappa shape index (κ2) is 25.5. The van der Waals surface area contributed by atoms with E-state index in [-0.39, 0.29) is 0 Å². The minimum atomic E-state index is 0.819. The molecule has 0 radical (unpaired) electrons. The van der Waals surface area contributed by atoms with Gasteiger partial charge in [0.25, 0.3) is 0 Å². The van der Waals surface area contributed by atoms with Crippen LogP contribution in [0, 0.1) is 0 Å². The molecule has 0 unspecified atom stereocenters. The summed E-state index contributed by atoms with van der Waals surface area (Å²) in [6.07, 6.45) is 21.8. The fourth-order valence-electron chi connectivity index (χ4n) is 14.4. The van der Waals surface area contributed by atoms with Crippen molar-refractivity contribution in [2.75, 3.05) is 0 Å². The van der Waals surface area contributed by atoms with Gasteiger partial charge in [-0.15, -0.1) is 0 Å². The lowest BCUT2D eigenvalue weighted by molar-refractivity contribution is 1.30. The lowest BCUT2D eigenvalue weighted by Gasteiger charge is -2.08. The molecule has 4 aliphatic rings. The molecule has 6 aromatic heterocycles. The van der Waals surface area contributed by atoms with Gasteiger partial charge in [-0.05, 0) is 129 Å². The number of rotatable bonds is 11. The van der Waals surface area contributed by atoms with E-state index in [0.29, 0.717) is 0 Å². The van der Waals surface area contributed by atoms with Gasteiger partial charge in [0.2, 0.25) is 0 Å². The van der Waals surface area contributed by atoms with Crippen LogP contribution < -0.4 is 0 Å². The van der Waals surface area contributed by atoms with Gasteiger partial charge in [-0.1, -0.05) is 267 Å². The third kappa shape index (κ3) is 11.0. The van der Waals surface area contributed by atoms with Gasteiger partial charge < -0.3 is 19.9 Å². The quantitative estimate of drug-likeness (QED) is 0.0966. The largest absolute Gasteiger partial charge is 0.354 e. The van der Waals surface area contributed by atoms with Crippen molar-refractivity contribution in [1.29, 1.82) is 0 Å². The van der Waals surface area contributed by atoms with Gasteiger partial charge in [0, 0.05) is 99.8 Å². The van der Waals surface area contributed by atoms with Crippen molar-refractivity contribution in [3.8, 4) is 89.0 Å². The van der Waals surface area contributed by atoms with E-state index in [0.717, 1.165) is 190 Å². The Morgan fingerprint density at radius 3 is 0.600 bits per heavy atom. The topological polar surface area (TPSA) is 115 Å². The number of nitrogens with one attached hydrogen (secondary N) is 4. The molecule has 8 nitrogen and oxygen atoms in total. The highest BCUT2D eigenvalue weighted by atomic mass is 14.8. The van der Waals surface area contributed by atoms with Gasteiger partial charge in [0.05, 0.1) is 45.6 Å². The summed E-state index contributed by atoms with van der Waals surface area (Å²) < 4.78 is 0. The minimum Gasteiger partial charge on any atom is -0.354 e. The summed E-state index contributed by atoms with van der Waals surface area (Å²) in [4.78, 5) is 38.6. The predicted octanol–water partition coefficient (Wildman–Crippen LogP) is 23.5. The first kappa shape index (κ1) is 59.0. The number of H-pyrrole nitrogens is 4. The molecule has 14 aromatic rings. The molecule has 0 fully saturated rings. The van der Waals surface area contributed by atoms with Crippen LogP contribution in [0.4, 0.5) is 0 Å². The first-order chi connectivity index (χ1) is 49.6. The van der Waals surface area contributed by atoms with Gasteiger partial charge in [-0.3, -0.25) is 0 Å². The van der Waals surface area contributed by atoms with Gasteiger partial charge >= 0.3 is 0 Å². The van der Waals surface area contributed by atoms with Crippen molar-refractivity contribution in [2.45, 2.75) is 0 Å². The third-order valence-electron chi connectivity index (χ3n) is 18.9. The number of aromatic nitrogens is 8. The zero-order chi connectivity index (χ0) is 66.3. The molecule has 18 rings (SSSR count). The number of fused-ring (bicyclic) bond motifs is 16. The van der Waals surface area contributed by atoms with E-state index in [1.54, 1.807) is 0 Å². The number of aromatic amines is 4. The molecule has 100 heavy (non-hydrogen) atoms. The fourth-order valence-corrected chi connectivity index (χ4v) is 14.4. The minimum absolute atomic E-state index is 0.819. The number of benzene rings is 8. The molecule has 0 saturated heterocycles. The van der Waals surface area contributed by atoms with E-state index in [1.807, 2.05) is 0 Å². The van der Waals surface area contributed by atoms with Crippen LogP contribution in [-0.4, -0.2) is 39.9 Å². The van der Waals surface area contributed by atoms with Crippen LogP contribution in [0.2, 0.25) is 0 Å². The summed E-state index contributed by atoms with van der Waals surface area (Å²) in [5, 5.41) is 0. The van der Waals surface area contributed by atoms with Crippen LogP contribution in [0.1, 0.15) is 45.6 Å². The molecule has 8 heteroatoms. The van der Waals surface area contributed by atoms with E-state index in [1.165, 1.54) is 0 Å². The van der Waals surface area contributed by atoms with Crippen LogP contribution in [0.25, 0.3) is 181 Å². The fraction of sp³-hybridized carbons (Fsp3) is 0. The standard InChI is InChI=1S/C92H62N8/c1-9-27-59(28-10-1)83-69-45-47-71(93-69)85(61-31-13-3-14-32-61)75-53-55-79(97-75)89(65-39-21-7-22-40-65)91-67(57-81(99-91)87(63-35-17-5-18-36-63)77-51-49-73(83)95-77)43-25-26-44-68-58-82-88(64-37-19-6-20-38-64)78-52-50-74(96-78)84(60-29-11-2-12-30-60)70-46-48-72(94-70)86(62-33-15-4-16-34-62)76-54-56-80(98-76)90(92(68)100-82)66-41-23-8-24-42-66/h1-58,95-98H/b43-25+,44-26+,83-69?,83-73?,84-70?,84-74?,85-71?,85-75?,86-72?,86-76?,87-77?,87-81?,88-78?,88-82?,89-79?,90-80?,91-89?,92-90?. The Kier molecular flexibility index (Phi) is 15.1. The maximum atomic E-state index is 5.84. The van der Waals surface area contributed by atoms with Gasteiger partial charge in [0.1, 0.15) is 0 Å². The molecule has 4 aliphatic heterocycles. The average molecular weight is 1280 g/mol. The normalized spacial score (nSPS) is 12.6. The summed E-state index contributed by atoms with van der Waals surface area (Å²) in [5.74, 6) is 0. The summed E-state index contributed by atoms with van der Waals surface area (Å²) in [5.41, 5.74) is 32.2. The van der Waals surface area contributed by atoms with Crippen molar-refractivity contribution >= 4 is 91.7 Å². The van der Waals surface area contributed by atoms with Crippen LogP contribution in [0.5, 0.6) is 0 Å². The number of allylic oxidation sites excluding steroid dienone is 6. The first-order valence-corrected chi connectivity index (χ1v) is 33.8. The van der Waals surface area contributed by atoms with Crippen molar-refractivity contribution < 1.29 is 0 Å². The molecular formula is C92H62N8. The molecule has 470 valence electrons. The van der Waals surface area contributed by atoms with E-state index in [9.17, 15) is 0 Å². The Balaban J connectivity index is 0.888. The molecular weight excluding hydrogens is 1220 g/mol. The van der Waals surface area contributed by atoms with E-state index in [4.69, 9.17) is 19.9 Å². The Hall–Kier alpha value is -13.6. The number of hydrogen-bond donors (Lipinski definition) is 4. The Labute approximate surface area is 578 Å². The summed E-state index contributed by atoms with van der Waals surface area (Å²) in [6, 6.07) is 102. The van der Waals surface area contributed by atoms with Gasteiger partial charge in [-0.2, -0.15) is 0 Å². The molecule has 0 atom stereocenters. The smallest absolute Gasteiger partial charge is 0.0809 e. The highest BCUT2D eigenvalue weighted by Crippen LogP contribution is 2.44. The molecule has 10 heterocycles. The Morgan fingerprint density at radius 2 is 0.380 bits per heavy atom. The van der Waals surface area contributed by atoms with Crippen molar-refractivity contribution in [2.24, 2.45) is 0 Å². The number of hydrogen-bond acceptors (Lipinski definition) is 4. The molecule has 0 aliphatic carbocycles. The second-order valence-electron chi connectivity index (χ2n) is 25.1. The highest BCUT2D eigenvalue weighted by molar-refractivity contribution is 6.07. The van der Waals surface area contributed by atoms with Crippen LogP contribution in [0.15, 0.2) is 315 Å². The van der Waals surface area contributed by atoms with Crippen molar-refractivity contribution in [1.82, 2.24) is 39.9 Å². The summed E-state index contributed by atoms with van der Waals surface area (Å²) >= 11 is 0. The lowest BCUT2D eigenvalue weighted by atomic mass is 9.98. The molecule has 0 spiro atoms. The van der Waals surface area contributed by atoms with Crippen LogP contribution in [0.3, 0.4) is 0 Å². The second-order valence-corrected chi connectivity index (χ2v) is 25.1. The van der Waals surface area contributed by atoms with E-state index < -0.39 is 0 Å². The average Bonchev–Trinajstić information content (AvgIpc) is 1.64. The zero-order valence-electron chi connectivity index (χ0n) is 54.3.